The Morgan fingerprint density at radius 2 is 2.14 bits per heavy atom. The predicted octanol–water partition coefficient (Wildman–Crippen LogP) is 0.413. The Labute approximate surface area is 169 Å². The van der Waals surface area contributed by atoms with Crippen LogP contribution in [0.25, 0.3) is 0 Å². The van der Waals surface area contributed by atoms with Crippen LogP contribution in [0.4, 0.5) is 0 Å². The van der Waals surface area contributed by atoms with Crippen LogP contribution in [0.1, 0.15) is 38.3 Å². The van der Waals surface area contributed by atoms with Crippen molar-refractivity contribution in [2.75, 3.05) is 12.4 Å². The molecule has 2 saturated heterocycles. The van der Waals surface area contributed by atoms with E-state index in [4.69, 9.17) is 9.47 Å². The molecule has 0 bridgehead atoms. The summed E-state index contributed by atoms with van der Waals surface area (Å²) >= 11 is 0. The Balaban J connectivity index is 1.43. The van der Waals surface area contributed by atoms with E-state index in [9.17, 15) is 24.6 Å². The first kappa shape index (κ1) is 21.4. The Hall–Kier alpha value is -1.27. The Morgan fingerprint density at radius 3 is 2.86 bits per heavy atom. The Morgan fingerprint density at radius 1 is 1.32 bits per heavy atom. The Kier molecular flexibility index (Phi) is 7.63. The van der Waals surface area contributed by atoms with Crippen LogP contribution < -0.4 is 11.2 Å². The second-order valence-corrected chi connectivity index (χ2v) is 9.61. The molecule has 156 valence electrons. The van der Waals surface area contributed by atoms with Crippen molar-refractivity contribution in [3.05, 3.63) is 33.1 Å². The zero-order valence-electron chi connectivity index (χ0n) is 15.2. The monoisotopic (exact) mass is 432 g/mol. The normalized spacial score (nSPS) is 29.9. The van der Waals surface area contributed by atoms with Crippen LogP contribution in [-0.4, -0.2) is 61.7 Å². The number of carbonyl (C=O) groups excluding carboxylic acids is 1. The van der Waals surface area contributed by atoms with Crippen molar-refractivity contribution in [3.8, 4) is 0 Å². The second kappa shape index (κ2) is 9.97. The summed E-state index contributed by atoms with van der Waals surface area (Å²) < 4.78 is 11.6. The van der Waals surface area contributed by atoms with Gasteiger partial charge in [0.15, 0.2) is 6.23 Å². The van der Waals surface area contributed by atoms with E-state index in [0.29, 0.717) is 11.7 Å². The molecule has 2 aliphatic rings. The third kappa shape index (κ3) is 5.41. The van der Waals surface area contributed by atoms with E-state index in [1.54, 1.807) is 0 Å². The first-order chi connectivity index (χ1) is 13.5. The number of ether oxygens (including phenoxy) is 2. The van der Waals surface area contributed by atoms with Crippen LogP contribution in [0.15, 0.2) is 21.9 Å². The van der Waals surface area contributed by atoms with Crippen LogP contribution in [0.2, 0.25) is 0 Å². The fourth-order valence-electron chi connectivity index (χ4n) is 3.18. The molecule has 0 spiro atoms. The smallest absolute Gasteiger partial charge is 0.330 e. The molecule has 3 N–H and O–H groups in total. The number of nitrogens with one attached hydrogen (secondary N) is 1. The van der Waals surface area contributed by atoms with Gasteiger partial charge in [-0.05, 0) is 19.3 Å². The lowest BCUT2D eigenvalue weighted by Crippen LogP contribution is -2.37. The lowest BCUT2D eigenvalue weighted by Gasteiger charge is -2.16. The molecule has 3 heterocycles. The number of nitrogens with zero attached hydrogens (tertiary/aromatic N) is 1. The third-order valence-electron chi connectivity index (χ3n) is 4.76. The molecule has 0 radical (unpaired) electrons. The molecule has 0 aromatic carbocycles. The summed E-state index contributed by atoms with van der Waals surface area (Å²) in [5.41, 5.74) is -1.34. The van der Waals surface area contributed by atoms with Gasteiger partial charge in [0.05, 0.1) is 0 Å². The minimum atomic E-state index is -1.39. The fourth-order valence-corrected chi connectivity index (χ4v) is 6.21. The van der Waals surface area contributed by atoms with Crippen LogP contribution in [0.3, 0.4) is 0 Å². The van der Waals surface area contributed by atoms with Gasteiger partial charge in [0.2, 0.25) is 0 Å². The largest absolute Gasteiger partial charge is 0.463 e. The van der Waals surface area contributed by atoms with Gasteiger partial charge in [-0.3, -0.25) is 19.1 Å². The maximum atomic E-state index is 11.9. The number of aromatic nitrogens is 2. The van der Waals surface area contributed by atoms with E-state index in [1.165, 1.54) is 18.4 Å². The number of hydrogen-bond acceptors (Lipinski definition) is 9. The summed E-state index contributed by atoms with van der Waals surface area (Å²) in [5, 5.41) is 21.0. The molecule has 0 saturated carbocycles. The topological polar surface area (TPSA) is 131 Å². The summed E-state index contributed by atoms with van der Waals surface area (Å²) in [6.07, 6.45) is 0.631. The number of carbonyl (C=O) groups is 1. The molecular weight excluding hydrogens is 408 g/mol. The SMILES string of the molecule is O=C(CCCC[C@@H]1CCSS1)OC[C@H]1O[C@@H](n2ccc(=O)[nH]c2=O)[C@H](O)[C@@H]1O. The number of aromatic amines is 1. The highest BCUT2D eigenvalue weighted by atomic mass is 33.1. The number of aliphatic hydroxyl groups is 2. The number of unbranched alkanes of at least 4 members (excludes halogenated alkanes) is 1. The van der Waals surface area contributed by atoms with E-state index in [1.807, 2.05) is 21.6 Å². The average Bonchev–Trinajstić information content (AvgIpc) is 3.27. The van der Waals surface area contributed by atoms with Crippen molar-refractivity contribution in [1.82, 2.24) is 9.55 Å². The van der Waals surface area contributed by atoms with Crippen LogP contribution in [-0.2, 0) is 14.3 Å². The molecule has 9 nitrogen and oxygen atoms in total. The molecule has 2 fully saturated rings. The zero-order chi connectivity index (χ0) is 20.1. The minimum Gasteiger partial charge on any atom is -0.463 e. The first-order valence-corrected chi connectivity index (χ1v) is 11.6. The van der Waals surface area contributed by atoms with Crippen LogP contribution in [0, 0.1) is 0 Å². The molecule has 28 heavy (non-hydrogen) atoms. The summed E-state index contributed by atoms with van der Waals surface area (Å²) in [5.74, 6) is 0.808. The molecule has 3 rings (SSSR count). The summed E-state index contributed by atoms with van der Waals surface area (Å²) in [7, 11) is 3.81. The number of hydrogen-bond donors (Lipinski definition) is 3. The van der Waals surface area contributed by atoms with E-state index in [2.05, 4.69) is 4.98 Å². The quantitative estimate of drug-likeness (QED) is 0.304. The van der Waals surface area contributed by atoms with Gasteiger partial charge in [-0.15, -0.1) is 0 Å². The highest BCUT2D eigenvalue weighted by Gasteiger charge is 2.44. The fraction of sp³-hybridized carbons (Fsp3) is 0.706. The van der Waals surface area contributed by atoms with Gasteiger partial charge in [-0.1, -0.05) is 28.0 Å². The highest BCUT2D eigenvalue weighted by Crippen LogP contribution is 2.39. The first-order valence-electron chi connectivity index (χ1n) is 9.22. The van der Waals surface area contributed by atoms with Gasteiger partial charge in [0, 0.05) is 29.7 Å². The van der Waals surface area contributed by atoms with Crippen molar-refractivity contribution in [3.63, 3.8) is 0 Å². The summed E-state index contributed by atoms with van der Waals surface area (Å²) in [6.45, 7) is -0.221. The maximum Gasteiger partial charge on any atom is 0.330 e. The van der Waals surface area contributed by atoms with Crippen molar-refractivity contribution in [2.24, 2.45) is 0 Å². The molecule has 0 aliphatic carbocycles. The Bertz CT molecular complexity index is 777. The molecule has 1 aromatic rings. The molecule has 0 amide bonds. The zero-order valence-corrected chi connectivity index (χ0v) is 16.8. The standard InChI is InChI=1S/C17H24N2O7S2/c20-12-5-7-19(17(24)18-12)16-15(23)14(22)11(26-16)9-25-13(21)4-2-1-3-10-6-8-27-28-10/h5,7,10-11,14-16,22-23H,1-4,6,8-9H2,(H,18,20,24)/t10-,11-,14-,15-,16-/m1/s1. The van der Waals surface area contributed by atoms with E-state index in [0.717, 1.165) is 29.9 Å². The highest BCUT2D eigenvalue weighted by molar-refractivity contribution is 8.77. The average molecular weight is 433 g/mol. The number of rotatable bonds is 8. The summed E-state index contributed by atoms with van der Waals surface area (Å²) in [4.78, 5) is 36.9. The van der Waals surface area contributed by atoms with Gasteiger partial charge in [0.1, 0.15) is 24.9 Å². The van der Waals surface area contributed by atoms with Crippen molar-refractivity contribution in [2.45, 2.75) is 61.9 Å². The molecular formula is C17H24N2O7S2. The van der Waals surface area contributed by atoms with Crippen molar-refractivity contribution >= 4 is 27.6 Å². The molecule has 2 aliphatic heterocycles. The number of aliphatic hydroxyl groups excluding tert-OH is 2. The second-order valence-electron chi connectivity index (χ2n) is 6.82. The minimum absolute atomic E-state index is 0.221. The number of esters is 1. The predicted molar refractivity (Wildman–Crippen MR) is 105 cm³/mol. The van der Waals surface area contributed by atoms with Crippen LogP contribution in [0.5, 0.6) is 0 Å². The van der Waals surface area contributed by atoms with Gasteiger partial charge >= 0.3 is 11.7 Å². The van der Waals surface area contributed by atoms with E-state index < -0.39 is 35.8 Å². The van der Waals surface area contributed by atoms with Crippen molar-refractivity contribution in [1.29, 1.82) is 0 Å². The third-order valence-corrected chi connectivity index (χ3v) is 7.76. The molecule has 5 atom stereocenters. The van der Waals surface area contributed by atoms with Gasteiger partial charge in [-0.25, -0.2) is 4.79 Å². The maximum absolute atomic E-state index is 11.9. The van der Waals surface area contributed by atoms with Crippen LogP contribution >= 0.6 is 21.6 Å². The lowest BCUT2D eigenvalue weighted by molar-refractivity contribution is -0.150. The van der Waals surface area contributed by atoms with Gasteiger partial charge < -0.3 is 19.7 Å². The molecule has 1 aromatic heterocycles. The molecule has 11 heteroatoms. The van der Waals surface area contributed by atoms with E-state index in [-0.39, 0.29) is 12.6 Å². The summed E-state index contributed by atoms with van der Waals surface area (Å²) in [6, 6.07) is 1.11. The van der Waals surface area contributed by atoms with E-state index >= 15 is 0 Å². The molecule has 0 unspecified atom stereocenters. The van der Waals surface area contributed by atoms with Gasteiger partial charge in [-0.2, -0.15) is 0 Å². The lowest BCUT2D eigenvalue weighted by atomic mass is 10.1. The van der Waals surface area contributed by atoms with Crippen molar-refractivity contribution < 1.29 is 24.5 Å². The van der Waals surface area contributed by atoms with Gasteiger partial charge in [0.25, 0.3) is 5.56 Å². The number of H-pyrrole nitrogens is 1.